The van der Waals surface area contributed by atoms with E-state index in [0.717, 1.165) is 11.1 Å². The lowest BCUT2D eigenvalue weighted by molar-refractivity contribution is -0.147. The third-order valence-corrected chi connectivity index (χ3v) is 7.19. The molecule has 1 aromatic heterocycles. The smallest absolute Gasteiger partial charge is 0.408 e. The molecule has 1 fully saturated rings. The summed E-state index contributed by atoms with van der Waals surface area (Å²) < 4.78 is 4.29. The Morgan fingerprint density at radius 2 is 1.92 bits per heavy atom. The Balaban J connectivity index is 1.76. The molecule has 3 rings (SSSR count). The molecule has 3 N–H and O–H groups in total. The topological polar surface area (TPSA) is 121 Å². The highest BCUT2D eigenvalue weighted by Gasteiger charge is 2.49. The van der Waals surface area contributed by atoms with Gasteiger partial charge in [0.2, 0.25) is 5.91 Å². The zero-order valence-corrected chi connectivity index (χ0v) is 21.0. The number of nitrogens with zero attached hydrogens (tertiary/aromatic N) is 2. The van der Waals surface area contributed by atoms with Crippen molar-refractivity contribution >= 4 is 29.7 Å². The fourth-order valence-corrected chi connectivity index (χ4v) is 5.09. The maximum absolute atomic E-state index is 13.5. The van der Waals surface area contributed by atoms with E-state index in [1.807, 2.05) is 44.2 Å². The van der Waals surface area contributed by atoms with Gasteiger partial charge in [0.1, 0.15) is 6.04 Å². The van der Waals surface area contributed by atoms with Crippen LogP contribution in [0, 0.1) is 12.3 Å². The molecule has 1 aromatic carbocycles. The first kappa shape index (κ1) is 27.0. The second-order valence-corrected chi connectivity index (χ2v) is 10.4. The first-order chi connectivity index (χ1) is 17.2. The van der Waals surface area contributed by atoms with Crippen LogP contribution in [0.4, 0.5) is 4.79 Å². The molecule has 0 spiro atoms. The lowest BCUT2D eigenvalue weighted by Gasteiger charge is -2.33. The molecule has 0 saturated carbocycles. The number of nitrogens with one attached hydrogen (secondary N) is 2. The van der Waals surface area contributed by atoms with Gasteiger partial charge in [0.25, 0.3) is 5.91 Å². The monoisotopic (exact) mass is 510 g/mol. The molecule has 3 atom stereocenters. The third kappa shape index (κ3) is 6.99. The number of hydrogen-bond donors (Lipinski definition) is 3. The van der Waals surface area contributed by atoms with Crippen LogP contribution in [0.1, 0.15) is 25.0 Å². The summed E-state index contributed by atoms with van der Waals surface area (Å²) in [6.45, 7) is 3.79. The summed E-state index contributed by atoms with van der Waals surface area (Å²) >= 11 is 1.44. The molecule has 1 saturated heterocycles. The molecule has 190 valence electrons. The maximum atomic E-state index is 13.5. The van der Waals surface area contributed by atoms with Gasteiger partial charge in [0.05, 0.1) is 11.9 Å². The van der Waals surface area contributed by atoms with Gasteiger partial charge in [-0.1, -0.05) is 36.3 Å². The Morgan fingerprint density at radius 1 is 1.22 bits per heavy atom. The number of aromatic nitrogens is 1. The number of ether oxygens (including phenoxy) is 1. The highest BCUT2D eigenvalue weighted by Crippen LogP contribution is 2.39. The zero-order valence-electron chi connectivity index (χ0n) is 20.2. The Kier molecular flexibility index (Phi) is 9.33. The minimum Gasteiger partial charge on any atom is -0.436 e. The second kappa shape index (κ2) is 12.4. The van der Waals surface area contributed by atoms with Crippen LogP contribution < -0.4 is 10.6 Å². The van der Waals surface area contributed by atoms with Gasteiger partial charge in [-0.15, -0.1) is 18.2 Å². The summed E-state index contributed by atoms with van der Waals surface area (Å²) in [4.78, 5) is 44.2. The number of aliphatic hydroxyl groups is 1. The lowest BCUT2D eigenvalue weighted by Crippen LogP contribution is -2.58. The normalized spacial score (nSPS) is 17.9. The first-order valence-electron chi connectivity index (χ1n) is 11.4. The van der Waals surface area contributed by atoms with E-state index in [9.17, 15) is 19.5 Å². The van der Waals surface area contributed by atoms with Crippen molar-refractivity contribution in [1.29, 1.82) is 0 Å². The number of carbonyl (C=O) groups excluding carboxylic acids is 3. The third-order valence-electron chi connectivity index (χ3n) is 5.82. The predicted molar refractivity (Wildman–Crippen MR) is 137 cm³/mol. The van der Waals surface area contributed by atoms with Crippen molar-refractivity contribution in [2.24, 2.45) is 0 Å². The number of benzene rings is 1. The molecule has 0 radical (unpaired) electrons. The highest BCUT2D eigenvalue weighted by atomic mass is 32.2. The van der Waals surface area contributed by atoms with Crippen LogP contribution in [0.25, 0.3) is 0 Å². The largest absolute Gasteiger partial charge is 0.436 e. The van der Waals surface area contributed by atoms with E-state index in [2.05, 4.69) is 21.5 Å². The quantitative estimate of drug-likeness (QED) is 0.439. The minimum absolute atomic E-state index is 0.169. The van der Waals surface area contributed by atoms with Crippen LogP contribution in [-0.2, 0) is 27.3 Å². The van der Waals surface area contributed by atoms with Gasteiger partial charge in [-0.3, -0.25) is 14.6 Å². The number of thioether (sulfide) groups is 1. The number of pyridine rings is 1. The molecule has 1 aliphatic heterocycles. The SMILES string of the molecule is C#CCOC(=O)N[C@@H](Cc1ccccc1)[C@H](O)C(=O)N1CSC(C)(C)[C@H]1C(=O)NCc1ccncc1. The van der Waals surface area contributed by atoms with Gasteiger partial charge in [-0.25, -0.2) is 4.79 Å². The average molecular weight is 511 g/mol. The summed E-state index contributed by atoms with van der Waals surface area (Å²) in [5.74, 6) is 1.43. The second-order valence-electron chi connectivity index (χ2n) is 8.83. The van der Waals surface area contributed by atoms with Crippen LogP contribution in [0.3, 0.4) is 0 Å². The van der Waals surface area contributed by atoms with E-state index < -0.39 is 34.9 Å². The Labute approximate surface area is 215 Å². The maximum Gasteiger partial charge on any atom is 0.408 e. The number of alkyl carbamates (subject to hydrolysis) is 1. The van der Waals surface area contributed by atoms with Gasteiger partial charge < -0.3 is 25.4 Å². The van der Waals surface area contributed by atoms with E-state index in [1.165, 1.54) is 16.7 Å². The molecule has 9 nitrogen and oxygen atoms in total. The van der Waals surface area contributed by atoms with E-state index in [4.69, 9.17) is 11.2 Å². The van der Waals surface area contributed by atoms with Gasteiger partial charge in [-0.05, 0) is 43.5 Å². The molecular weight excluding hydrogens is 480 g/mol. The van der Waals surface area contributed by atoms with Crippen LogP contribution in [0.2, 0.25) is 0 Å². The summed E-state index contributed by atoms with van der Waals surface area (Å²) in [7, 11) is 0. The number of aliphatic hydroxyl groups excluding tert-OH is 1. The standard InChI is InChI=1S/C26H30N4O5S/c1-4-14-35-25(34)29-20(15-18-8-6-5-7-9-18)21(31)24(33)30-17-36-26(2,3)22(30)23(32)28-16-19-10-12-27-13-11-19/h1,5-13,20-22,31H,14-17H2,2-3H3,(H,28,32)(H,29,34)/t20-,21-,22+/m0/s1. The van der Waals surface area contributed by atoms with E-state index in [0.29, 0.717) is 0 Å². The molecule has 0 bridgehead atoms. The van der Waals surface area contributed by atoms with E-state index in [1.54, 1.807) is 24.5 Å². The molecule has 0 unspecified atom stereocenters. The molecule has 0 aliphatic carbocycles. The zero-order chi connectivity index (χ0) is 26.1. The molecule has 1 aliphatic rings. The predicted octanol–water partition coefficient (Wildman–Crippen LogP) is 1.71. The fraction of sp³-hybridized carbons (Fsp3) is 0.385. The lowest BCUT2D eigenvalue weighted by atomic mass is 9.97. The molecule has 3 amide bonds. The summed E-state index contributed by atoms with van der Waals surface area (Å²) in [5, 5.41) is 16.5. The number of amides is 3. The Morgan fingerprint density at radius 3 is 2.58 bits per heavy atom. The van der Waals surface area contributed by atoms with Crippen molar-refractivity contribution in [3.63, 3.8) is 0 Å². The Bertz CT molecular complexity index is 1090. The average Bonchev–Trinajstić information content (AvgIpc) is 3.20. The molecule has 2 aromatic rings. The van der Waals surface area contributed by atoms with Crippen LogP contribution in [0.5, 0.6) is 0 Å². The molecule has 2 heterocycles. The summed E-state index contributed by atoms with van der Waals surface area (Å²) in [5.41, 5.74) is 1.67. The van der Waals surface area contributed by atoms with Crippen molar-refractivity contribution in [2.45, 2.75) is 49.7 Å². The van der Waals surface area contributed by atoms with Crippen molar-refractivity contribution in [2.75, 3.05) is 12.5 Å². The molecular formula is C26H30N4O5S. The first-order valence-corrected chi connectivity index (χ1v) is 12.4. The molecule has 36 heavy (non-hydrogen) atoms. The van der Waals surface area contributed by atoms with Crippen molar-refractivity contribution < 1.29 is 24.2 Å². The highest BCUT2D eigenvalue weighted by molar-refractivity contribution is 8.00. The van der Waals surface area contributed by atoms with E-state index >= 15 is 0 Å². The van der Waals surface area contributed by atoms with Gasteiger partial charge in [-0.2, -0.15) is 0 Å². The van der Waals surface area contributed by atoms with Gasteiger partial charge >= 0.3 is 6.09 Å². The van der Waals surface area contributed by atoms with Crippen molar-refractivity contribution in [1.82, 2.24) is 20.5 Å². The van der Waals surface area contributed by atoms with Crippen LogP contribution >= 0.6 is 11.8 Å². The number of rotatable bonds is 9. The fourth-order valence-electron chi connectivity index (χ4n) is 3.95. The number of carbonyl (C=O) groups is 3. The minimum atomic E-state index is -1.62. The summed E-state index contributed by atoms with van der Waals surface area (Å²) in [6.07, 6.45) is 6.12. The van der Waals surface area contributed by atoms with E-state index in [-0.39, 0.29) is 31.4 Å². The van der Waals surface area contributed by atoms with Crippen LogP contribution in [0.15, 0.2) is 54.9 Å². The number of terminal acetylenes is 1. The van der Waals surface area contributed by atoms with Crippen LogP contribution in [-0.4, -0.2) is 68.3 Å². The van der Waals surface area contributed by atoms with Crippen molar-refractivity contribution in [3.05, 3.63) is 66.0 Å². The summed E-state index contributed by atoms with van der Waals surface area (Å²) in [6, 6.07) is 10.9. The Hall–Kier alpha value is -3.55. The van der Waals surface area contributed by atoms with Crippen molar-refractivity contribution in [3.8, 4) is 12.3 Å². The molecule has 10 heteroatoms. The van der Waals surface area contributed by atoms with Gasteiger partial charge in [0.15, 0.2) is 12.7 Å². The number of hydrogen-bond acceptors (Lipinski definition) is 7. The van der Waals surface area contributed by atoms with Gasteiger partial charge in [0, 0.05) is 23.7 Å².